The van der Waals surface area contributed by atoms with Crippen LogP contribution in [0, 0.1) is 5.92 Å². The Kier molecular flexibility index (Phi) is 5.53. The van der Waals surface area contributed by atoms with Gasteiger partial charge < -0.3 is 10.5 Å². The second-order valence-corrected chi connectivity index (χ2v) is 7.94. The van der Waals surface area contributed by atoms with E-state index < -0.39 is 0 Å². The molecule has 1 fully saturated rings. The van der Waals surface area contributed by atoms with Crippen LogP contribution in [0.5, 0.6) is 5.75 Å². The standard InChI is InChI=1S/C22H25N3OS/c1-26-20-9-5-8-17(10-20)22-24-19(15-27-22)13-25-12-18(11-23)21(14-25)16-6-3-2-4-7-16/h2-10,15,18,21H,11-14,23H2,1H3/t18-,21+/m1/s1. The number of hydrogen-bond acceptors (Lipinski definition) is 5. The topological polar surface area (TPSA) is 51.4 Å². The minimum atomic E-state index is 0.504. The number of thiazole rings is 1. The number of benzene rings is 2. The lowest BCUT2D eigenvalue weighted by molar-refractivity contribution is 0.314. The van der Waals surface area contributed by atoms with Crippen LogP contribution in [0.2, 0.25) is 0 Å². The summed E-state index contributed by atoms with van der Waals surface area (Å²) in [5.74, 6) is 1.87. The van der Waals surface area contributed by atoms with Crippen molar-refractivity contribution in [1.29, 1.82) is 0 Å². The fourth-order valence-corrected chi connectivity index (χ4v) is 4.71. The summed E-state index contributed by atoms with van der Waals surface area (Å²) >= 11 is 1.69. The van der Waals surface area contributed by atoms with Crippen molar-refractivity contribution >= 4 is 11.3 Å². The monoisotopic (exact) mass is 379 g/mol. The maximum Gasteiger partial charge on any atom is 0.123 e. The third-order valence-corrected chi connectivity index (χ3v) is 6.24. The molecule has 5 heteroatoms. The van der Waals surface area contributed by atoms with E-state index in [2.05, 4.69) is 46.7 Å². The molecule has 0 radical (unpaired) electrons. The van der Waals surface area contributed by atoms with Crippen molar-refractivity contribution in [3.8, 4) is 16.3 Å². The zero-order valence-electron chi connectivity index (χ0n) is 15.5. The molecule has 0 aliphatic carbocycles. The Labute approximate surface area is 164 Å². The van der Waals surface area contributed by atoms with Gasteiger partial charge in [0, 0.05) is 36.5 Å². The number of nitrogens with zero attached hydrogens (tertiary/aromatic N) is 2. The SMILES string of the molecule is COc1cccc(-c2nc(CN3C[C@@H](CN)[C@H](c4ccccc4)C3)cs2)c1. The summed E-state index contributed by atoms with van der Waals surface area (Å²) in [6, 6.07) is 18.8. The average Bonchev–Trinajstić information content (AvgIpc) is 3.36. The van der Waals surface area contributed by atoms with Gasteiger partial charge in [-0.25, -0.2) is 4.98 Å². The second kappa shape index (κ2) is 8.21. The van der Waals surface area contributed by atoms with Crippen LogP contribution in [0.3, 0.4) is 0 Å². The average molecular weight is 380 g/mol. The van der Waals surface area contributed by atoms with Gasteiger partial charge in [-0.15, -0.1) is 11.3 Å². The number of likely N-dealkylation sites (tertiary alicyclic amines) is 1. The van der Waals surface area contributed by atoms with Crippen LogP contribution in [-0.2, 0) is 6.54 Å². The van der Waals surface area contributed by atoms with Gasteiger partial charge >= 0.3 is 0 Å². The van der Waals surface area contributed by atoms with Crippen molar-refractivity contribution in [2.45, 2.75) is 12.5 Å². The van der Waals surface area contributed by atoms with Gasteiger partial charge in [-0.2, -0.15) is 0 Å². The Morgan fingerprint density at radius 3 is 2.78 bits per heavy atom. The van der Waals surface area contributed by atoms with E-state index in [9.17, 15) is 0 Å². The van der Waals surface area contributed by atoms with E-state index >= 15 is 0 Å². The molecule has 1 aliphatic heterocycles. The van der Waals surface area contributed by atoms with E-state index in [0.717, 1.165) is 48.2 Å². The lowest BCUT2D eigenvalue weighted by Gasteiger charge is -2.16. The summed E-state index contributed by atoms with van der Waals surface area (Å²) in [6.45, 7) is 3.67. The van der Waals surface area contributed by atoms with Gasteiger partial charge in [0.15, 0.2) is 0 Å². The number of ether oxygens (including phenoxy) is 1. The molecular formula is C22H25N3OS. The molecule has 0 amide bonds. The normalized spacial score (nSPS) is 20.1. The zero-order valence-corrected chi connectivity index (χ0v) is 16.4. The van der Waals surface area contributed by atoms with Gasteiger partial charge in [0.25, 0.3) is 0 Å². The minimum absolute atomic E-state index is 0.504. The molecule has 1 saturated heterocycles. The summed E-state index contributed by atoms with van der Waals surface area (Å²) in [5, 5.41) is 3.21. The Bertz CT molecular complexity index is 880. The molecule has 3 aromatic rings. The van der Waals surface area contributed by atoms with Crippen molar-refractivity contribution in [3.05, 3.63) is 71.2 Å². The van der Waals surface area contributed by atoms with Gasteiger partial charge in [-0.3, -0.25) is 4.90 Å². The zero-order chi connectivity index (χ0) is 18.6. The number of hydrogen-bond donors (Lipinski definition) is 1. The lowest BCUT2D eigenvalue weighted by Crippen LogP contribution is -2.23. The van der Waals surface area contributed by atoms with E-state index in [1.807, 2.05) is 18.2 Å². The summed E-state index contributed by atoms with van der Waals surface area (Å²) in [5.41, 5.74) is 9.70. The van der Waals surface area contributed by atoms with Crippen LogP contribution in [0.25, 0.3) is 10.6 Å². The predicted octanol–water partition coefficient (Wildman–Crippen LogP) is 3.99. The first-order chi connectivity index (χ1) is 13.3. The number of aromatic nitrogens is 1. The Morgan fingerprint density at radius 2 is 2.00 bits per heavy atom. The van der Waals surface area contributed by atoms with Crippen LogP contribution in [-0.4, -0.2) is 36.6 Å². The van der Waals surface area contributed by atoms with Gasteiger partial charge in [-0.05, 0) is 30.2 Å². The van der Waals surface area contributed by atoms with Gasteiger partial charge in [0.1, 0.15) is 10.8 Å². The largest absolute Gasteiger partial charge is 0.497 e. The van der Waals surface area contributed by atoms with E-state index in [1.54, 1.807) is 18.4 Å². The van der Waals surface area contributed by atoms with E-state index in [4.69, 9.17) is 15.5 Å². The molecule has 140 valence electrons. The van der Waals surface area contributed by atoms with E-state index in [1.165, 1.54) is 5.56 Å². The minimum Gasteiger partial charge on any atom is -0.497 e. The van der Waals surface area contributed by atoms with Gasteiger partial charge in [0.05, 0.1) is 12.8 Å². The van der Waals surface area contributed by atoms with Crippen LogP contribution in [0.4, 0.5) is 0 Å². The van der Waals surface area contributed by atoms with Crippen molar-refractivity contribution in [1.82, 2.24) is 9.88 Å². The highest BCUT2D eigenvalue weighted by Gasteiger charge is 2.32. The highest BCUT2D eigenvalue weighted by Crippen LogP contribution is 2.33. The van der Waals surface area contributed by atoms with Crippen LogP contribution in [0.15, 0.2) is 60.0 Å². The molecular weight excluding hydrogens is 354 g/mol. The molecule has 1 aliphatic rings. The van der Waals surface area contributed by atoms with Crippen LogP contribution < -0.4 is 10.5 Å². The Hall–Kier alpha value is -2.21. The molecule has 2 atom stereocenters. The van der Waals surface area contributed by atoms with Gasteiger partial charge in [-0.1, -0.05) is 42.5 Å². The van der Waals surface area contributed by atoms with E-state index in [0.29, 0.717) is 11.8 Å². The third kappa shape index (κ3) is 4.05. The first-order valence-corrected chi connectivity index (χ1v) is 10.2. The van der Waals surface area contributed by atoms with Crippen molar-refractivity contribution in [3.63, 3.8) is 0 Å². The highest BCUT2D eigenvalue weighted by molar-refractivity contribution is 7.13. The summed E-state index contributed by atoms with van der Waals surface area (Å²) in [6.07, 6.45) is 0. The third-order valence-electron chi connectivity index (χ3n) is 5.30. The highest BCUT2D eigenvalue weighted by atomic mass is 32.1. The lowest BCUT2D eigenvalue weighted by atomic mass is 9.89. The van der Waals surface area contributed by atoms with Gasteiger partial charge in [0.2, 0.25) is 0 Å². The number of nitrogens with two attached hydrogens (primary N) is 1. The molecule has 2 aromatic carbocycles. The summed E-state index contributed by atoms with van der Waals surface area (Å²) in [4.78, 5) is 7.34. The van der Waals surface area contributed by atoms with Crippen molar-refractivity contribution < 1.29 is 4.74 Å². The molecule has 0 unspecified atom stereocenters. The fraction of sp³-hybridized carbons (Fsp3) is 0.318. The fourth-order valence-electron chi connectivity index (χ4n) is 3.90. The molecule has 27 heavy (non-hydrogen) atoms. The first kappa shape index (κ1) is 18.2. The smallest absolute Gasteiger partial charge is 0.123 e. The maximum absolute atomic E-state index is 6.07. The summed E-state index contributed by atoms with van der Waals surface area (Å²) in [7, 11) is 1.69. The molecule has 2 N–H and O–H groups in total. The molecule has 0 bridgehead atoms. The quantitative estimate of drug-likeness (QED) is 0.703. The molecule has 4 rings (SSSR count). The van der Waals surface area contributed by atoms with E-state index in [-0.39, 0.29) is 0 Å². The van der Waals surface area contributed by atoms with Crippen molar-refractivity contribution in [2.75, 3.05) is 26.7 Å². The molecule has 0 saturated carbocycles. The molecule has 0 spiro atoms. The predicted molar refractivity (Wildman–Crippen MR) is 111 cm³/mol. The molecule has 4 nitrogen and oxygen atoms in total. The number of methoxy groups -OCH3 is 1. The van der Waals surface area contributed by atoms with Crippen LogP contribution >= 0.6 is 11.3 Å². The number of rotatable bonds is 6. The van der Waals surface area contributed by atoms with Crippen LogP contribution in [0.1, 0.15) is 17.2 Å². The Balaban J connectivity index is 1.46. The second-order valence-electron chi connectivity index (χ2n) is 7.08. The summed E-state index contributed by atoms with van der Waals surface area (Å²) < 4.78 is 5.33. The maximum atomic E-state index is 6.07. The van der Waals surface area contributed by atoms with Crippen molar-refractivity contribution in [2.24, 2.45) is 11.7 Å². The Morgan fingerprint density at radius 1 is 1.15 bits per heavy atom. The molecule has 1 aromatic heterocycles. The first-order valence-electron chi connectivity index (χ1n) is 9.33. The molecule has 2 heterocycles.